The van der Waals surface area contributed by atoms with E-state index in [-0.39, 0.29) is 5.41 Å². The summed E-state index contributed by atoms with van der Waals surface area (Å²) >= 11 is 6.35. The third-order valence-electron chi connectivity index (χ3n) is 4.11. The van der Waals surface area contributed by atoms with Gasteiger partial charge in [-0.05, 0) is 49.4 Å². The van der Waals surface area contributed by atoms with Crippen LogP contribution in [-0.4, -0.2) is 13.7 Å². The van der Waals surface area contributed by atoms with Crippen molar-refractivity contribution >= 4 is 11.6 Å². The van der Waals surface area contributed by atoms with Gasteiger partial charge in [-0.3, -0.25) is 0 Å². The van der Waals surface area contributed by atoms with Crippen LogP contribution in [0.2, 0.25) is 5.02 Å². The molecule has 2 N–H and O–H groups in total. The van der Waals surface area contributed by atoms with Crippen LogP contribution < -0.4 is 10.5 Å². The average Bonchev–Trinajstić information content (AvgIpc) is 2.27. The molecule has 1 aliphatic rings. The Labute approximate surface area is 108 Å². The zero-order valence-corrected chi connectivity index (χ0v) is 11.5. The second kappa shape index (κ2) is 4.51. The first-order valence-corrected chi connectivity index (χ1v) is 6.48. The molecule has 17 heavy (non-hydrogen) atoms. The summed E-state index contributed by atoms with van der Waals surface area (Å²) in [5.74, 6) is 0.761. The van der Waals surface area contributed by atoms with Crippen LogP contribution in [0.3, 0.4) is 0 Å². The van der Waals surface area contributed by atoms with Gasteiger partial charge in [0, 0.05) is 12.0 Å². The quantitative estimate of drug-likeness (QED) is 0.897. The summed E-state index contributed by atoms with van der Waals surface area (Å²) in [7, 11) is 1.65. The Balaban J connectivity index is 2.58. The van der Waals surface area contributed by atoms with E-state index in [2.05, 4.69) is 13.8 Å². The van der Waals surface area contributed by atoms with E-state index in [1.807, 2.05) is 6.07 Å². The number of benzene rings is 1. The summed E-state index contributed by atoms with van der Waals surface area (Å²) in [6.07, 6.45) is 3.61. The lowest BCUT2D eigenvalue weighted by molar-refractivity contribution is 0.250. The maximum absolute atomic E-state index is 6.35. The van der Waals surface area contributed by atoms with Gasteiger partial charge >= 0.3 is 0 Å². The van der Waals surface area contributed by atoms with E-state index in [1.54, 1.807) is 7.11 Å². The molecule has 1 aromatic carbocycles. The molecular formula is C14H20ClNO. The van der Waals surface area contributed by atoms with Crippen molar-refractivity contribution in [3.8, 4) is 5.75 Å². The van der Waals surface area contributed by atoms with Crippen molar-refractivity contribution in [2.45, 2.75) is 38.5 Å². The molecule has 1 fully saturated rings. The van der Waals surface area contributed by atoms with Gasteiger partial charge in [-0.1, -0.05) is 18.0 Å². The molecule has 1 aliphatic carbocycles. The number of aryl methyl sites for hydroxylation is 1. The third kappa shape index (κ3) is 1.84. The molecule has 0 amide bonds. The van der Waals surface area contributed by atoms with Crippen molar-refractivity contribution < 1.29 is 4.74 Å². The van der Waals surface area contributed by atoms with Gasteiger partial charge in [0.05, 0.1) is 12.1 Å². The van der Waals surface area contributed by atoms with Crippen LogP contribution in [-0.2, 0) is 5.41 Å². The van der Waals surface area contributed by atoms with E-state index in [0.717, 1.165) is 16.3 Å². The minimum Gasteiger partial charge on any atom is -0.495 e. The molecule has 3 heteroatoms. The molecule has 0 aromatic heterocycles. The molecule has 0 saturated heterocycles. The molecule has 1 aromatic rings. The van der Waals surface area contributed by atoms with E-state index in [0.29, 0.717) is 6.54 Å². The zero-order valence-electron chi connectivity index (χ0n) is 10.8. The maximum Gasteiger partial charge on any atom is 0.138 e. The second-order valence-corrected chi connectivity index (χ2v) is 5.43. The Bertz CT molecular complexity index is 433. The molecule has 2 rings (SSSR count). The molecule has 0 heterocycles. The highest BCUT2D eigenvalue weighted by Crippen LogP contribution is 2.48. The highest BCUT2D eigenvalue weighted by Gasteiger charge is 2.40. The molecule has 0 spiro atoms. The number of rotatable bonds is 3. The van der Waals surface area contributed by atoms with Gasteiger partial charge in [-0.2, -0.15) is 0 Å². The molecule has 0 aliphatic heterocycles. The lowest BCUT2D eigenvalue weighted by Crippen LogP contribution is -2.42. The van der Waals surface area contributed by atoms with Gasteiger partial charge < -0.3 is 10.5 Å². The van der Waals surface area contributed by atoms with Crippen molar-refractivity contribution in [3.63, 3.8) is 0 Å². The molecule has 1 saturated carbocycles. The molecule has 0 unspecified atom stereocenters. The van der Waals surface area contributed by atoms with Crippen molar-refractivity contribution in [1.29, 1.82) is 0 Å². The topological polar surface area (TPSA) is 35.2 Å². The third-order valence-corrected chi connectivity index (χ3v) is 4.58. The van der Waals surface area contributed by atoms with Crippen LogP contribution >= 0.6 is 11.6 Å². The number of methoxy groups -OCH3 is 1. The SMILES string of the molecule is COc1cc(C)c(C2(CN)CCC2)c(C)c1Cl. The fourth-order valence-corrected chi connectivity index (χ4v) is 3.27. The number of hydrogen-bond acceptors (Lipinski definition) is 2. The zero-order chi connectivity index (χ0) is 12.6. The Morgan fingerprint density at radius 1 is 1.41 bits per heavy atom. The summed E-state index contributed by atoms with van der Waals surface area (Å²) in [6, 6.07) is 2.03. The first-order valence-electron chi connectivity index (χ1n) is 6.10. The molecule has 2 nitrogen and oxygen atoms in total. The molecule has 94 valence electrons. The van der Waals surface area contributed by atoms with Crippen LogP contribution in [0.4, 0.5) is 0 Å². The molecule has 0 bridgehead atoms. The molecule has 0 radical (unpaired) electrons. The lowest BCUT2D eigenvalue weighted by Gasteiger charge is -2.43. The van der Waals surface area contributed by atoms with Crippen LogP contribution in [0.5, 0.6) is 5.75 Å². The first kappa shape index (κ1) is 12.7. The number of nitrogens with two attached hydrogens (primary N) is 1. The number of hydrogen-bond donors (Lipinski definition) is 1. The Morgan fingerprint density at radius 3 is 2.47 bits per heavy atom. The van der Waals surface area contributed by atoms with Gasteiger partial charge in [0.25, 0.3) is 0 Å². The van der Waals surface area contributed by atoms with E-state index in [1.165, 1.54) is 30.4 Å². The van der Waals surface area contributed by atoms with Gasteiger partial charge in [-0.15, -0.1) is 0 Å². The lowest BCUT2D eigenvalue weighted by atomic mass is 9.62. The van der Waals surface area contributed by atoms with Crippen molar-refractivity contribution in [1.82, 2.24) is 0 Å². The Kier molecular flexibility index (Phi) is 3.37. The van der Waals surface area contributed by atoms with Gasteiger partial charge in [-0.25, -0.2) is 0 Å². The monoisotopic (exact) mass is 253 g/mol. The number of ether oxygens (including phenoxy) is 1. The van der Waals surface area contributed by atoms with Crippen LogP contribution in [0, 0.1) is 13.8 Å². The van der Waals surface area contributed by atoms with E-state index < -0.39 is 0 Å². The van der Waals surface area contributed by atoms with Crippen molar-refractivity contribution in [2.24, 2.45) is 5.73 Å². The Morgan fingerprint density at radius 2 is 2.06 bits per heavy atom. The first-order chi connectivity index (χ1) is 8.05. The van der Waals surface area contributed by atoms with E-state index in [4.69, 9.17) is 22.1 Å². The van der Waals surface area contributed by atoms with E-state index >= 15 is 0 Å². The van der Waals surface area contributed by atoms with Crippen molar-refractivity contribution in [3.05, 3.63) is 27.8 Å². The minimum absolute atomic E-state index is 0.157. The largest absolute Gasteiger partial charge is 0.495 e. The molecule has 0 atom stereocenters. The maximum atomic E-state index is 6.35. The van der Waals surface area contributed by atoms with Crippen LogP contribution in [0.1, 0.15) is 36.0 Å². The predicted molar refractivity (Wildman–Crippen MR) is 72.1 cm³/mol. The Hall–Kier alpha value is -0.730. The fourth-order valence-electron chi connectivity index (χ4n) is 3.05. The van der Waals surface area contributed by atoms with Gasteiger partial charge in [0.15, 0.2) is 0 Å². The summed E-state index contributed by atoms with van der Waals surface area (Å²) in [5.41, 5.74) is 9.86. The average molecular weight is 254 g/mol. The molecular weight excluding hydrogens is 234 g/mol. The van der Waals surface area contributed by atoms with Crippen LogP contribution in [0.15, 0.2) is 6.07 Å². The second-order valence-electron chi connectivity index (χ2n) is 5.05. The van der Waals surface area contributed by atoms with Crippen molar-refractivity contribution in [2.75, 3.05) is 13.7 Å². The smallest absolute Gasteiger partial charge is 0.138 e. The normalized spacial score (nSPS) is 17.7. The fraction of sp³-hybridized carbons (Fsp3) is 0.571. The summed E-state index contributed by atoms with van der Waals surface area (Å²) in [6.45, 7) is 4.90. The highest BCUT2D eigenvalue weighted by atomic mass is 35.5. The standard InChI is InChI=1S/C14H20ClNO/c1-9-7-11(17-3)13(15)10(2)12(9)14(8-16)5-4-6-14/h7H,4-6,8,16H2,1-3H3. The predicted octanol–water partition coefficient (Wildman–Crippen LogP) is 3.35. The van der Waals surface area contributed by atoms with Crippen LogP contribution in [0.25, 0.3) is 0 Å². The van der Waals surface area contributed by atoms with E-state index in [9.17, 15) is 0 Å². The van der Waals surface area contributed by atoms with Gasteiger partial charge in [0.2, 0.25) is 0 Å². The summed E-state index contributed by atoms with van der Waals surface area (Å²) in [5, 5.41) is 0.729. The minimum atomic E-state index is 0.157. The summed E-state index contributed by atoms with van der Waals surface area (Å²) < 4.78 is 5.30. The highest BCUT2D eigenvalue weighted by molar-refractivity contribution is 6.33. The summed E-state index contributed by atoms with van der Waals surface area (Å²) in [4.78, 5) is 0. The number of halogens is 1. The van der Waals surface area contributed by atoms with Gasteiger partial charge in [0.1, 0.15) is 5.75 Å².